The Hall–Kier alpha value is -1.16. The highest BCUT2D eigenvalue weighted by atomic mass is 35.5. The van der Waals surface area contributed by atoms with Crippen LogP contribution < -0.4 is 4.74 Å². The Morgan fingerprint density at radius 2 is 2.00 bits per heavy atom. The fourth-order valence-electron chi connectivity index (χ4n) is 1.31. The van der Waals surface area contributed by atoms with Gasteiger partial charge in [0.1, 0.15) is 5.75 Å². The first-order valence-corrected chi connectivity index (χ1v) is 4.56. The standard InChI is InChI=1S/C10H6ClF3O/c11-7-3-1-2-6-4-5-8(10(12,13)14)15-9(6)7/h1-5,8H. The summed E-state index contributed by atoms with van der Waals surface area (Å²) in [6.45, 7) is 0. The van der Waals surface area contributed by atoms with E-state index in [-0.39, 0.29) is 10.8 Å². The second kappa shape index (κ2) is 3.45. The van der Waals surface area contributed by atoms with Gasteiger partial charge in [-0.05, 0) is 12.1 Å². The number of benzene rings is 1. The minimum atomic E-state index is -4.41. The smallest absolute Gasteiger partial charge is 0.429 e. The first kappa shape index (κ1) is 10.4. The molecule has 0 N–H and O–H groups in total. The number of ether oxygens (including phenoxy) is 1. The molecule has 1 aliphatic heterocycles. The van der Waals surface area contributed by atoms with Crippen LogP contribution in [0.5, 0.6) is 5.75 Å². The second-order valence-electron chi connectivity index (χ2n) is 3.10. The predicted molar refractivity (Wildman–Crippen MR) is 51.0 cm³/mol. The van der Waals surface area contributed by atoms with E-state index in [2.05, 4.69) is 0 Å². The van der Waals surface area contributed by atoms with Crippen molar-refractivity contribution in [1.82, 2.24) is 0 Å². The molecule has 0 aliphatic carbocycles. The summed E-state index contributed by atoms with van der Waals surface area (Å²) >= 11 is 5.73. The molecule has 0 bridgehead atoms. The number of hydrogen-bond donors (Lipinski definition) is 0. The normalized spacial score (nSPS) is 19.6. The molecule has 1 nitrogen and oxygen atoms in total. The lowest BCUT2D eigenvalue weighted by molar-refractivity contribution is -0.180. The molecular weight excluding hydrogens is 229 g/mol. The van der Waals surface area contributed by atoms with Gasteiger partial charge < -0.3 is 4.74 Å². The van der Waals surface area contributed by atoms with Crippen LogP contribution in [0.15, 0.2) is 24.3 Å². The number of fused-ring (bicyclic) bond motifs is 1. The molecule has 15 heavy (non-hydrogen) atoms. The van der Waals surface area contributed by atoms with Gasteiger partial charge in [0.15, 0.2) is 0 Å². The minimum absolute atomic E-state index is 0.0870. The fourth-order valence-corrected chi connectivity index (χ4v) is 1.54. The van der Waals surface area contributed by atoms with Gasteiger partial charge in [0.25, 0.3) is 0 Å². The molecule has 1 aromatic carbocycles. The zero-order valence-electron chi connectivity index (χ0n) is 7.38. The number of alkyl halides is 3. The maximum absolute atomic E-state index is 12.3. The van der Waals surface area contributed by atoms with E-state index in [4.69, 9.17) is 16.3 Å². The van der Waals surface area contributed by atoms with E-state index >= 15 is 0 Å². The lowest BCUT2D eigenvalue weighted by Crippen LogP contribution is -2.33. The zero-order valence-corrected chi connectivity index (χ0v) is 8.14. The molecule has 0 saturated carbocycles. The van der Waals surface area contributed by atoms with Crippen LogP contribution in [0.1, 0.15) is 5.56 Å². The molecule has 1 unspecified atom stereocenters. The molecule has 1 aliphatic rings. The Bertz CT molecular complexity index is 412. The van der Waals surface area contributed by atoms with Crippen LogP contribution in [0.2, 0.25) is 5.02 Å². The summed E-state index contributed by atoms with van der Waals surface area (Å²) in [4.78, 5) is 0. The molecule has 0 spiro atoms. The monoisotopic (exact) mass is 234 g/mol. The van der Waals surface area contributed by atoms with Gasteiger partial charge in [-0.15, -0.1) is 0 Å². The molecule has 0 fully saturated rings. The molecular formula is C10H6ClF3O. The van der Waals surface area contributed by atoms with Crippen LogP contribution in [0.3, 0.4) is 0 Å². The molecule has 1 aromatic rings. The van der Waals surface area contributed by atoms with Gasteiger partial charge in [0, 0.05) is 5.56 Å². The summed E-state index contributed by atoms with van der Waals surface area (Å²) in [5.74, 6) is 0.0870. The van der Waals surface area contributed by atoms with Crippen molar-refractivity contribution >= 4 is 17.7 Å². The van der Waals surface area contributed by atoms with E-state index in [0.29, 0.717) is 5.56 Å². The Morgan fingerprint density at radius 1 is 1.27 bits per heavy atom. The summed E-state index contributed by atoms with van der Waals surface area (Å²) in [7, 11) is 0. The second-order valence-corrected chi connectivity index (χ2v) is 3.50. The van der Waals surface area contributed by atoms with Gasteiger partial charge in [-0.25, -0.2) is 0 Å². The molecule has 1 atom stereocenters. The van der Waals surface area contributed by atoms with Crippen LogP contribution in [-0.2, 0) is 0 Å². The quantitative estimate of drug-likeness (QED) is 0.665. The average Bonchev–Trinajstić information content (AvgIpc) is 2.16. The molecule has 2 rings (SSSR count). The van der Waals surface area contributed by atoms with E-state index in [9.17, 15) is 13.2 Å². The Balaban J connectivity index is 2.38. The number of halogens is 4. The maximum atomic E-state index is 12.3. The van der Waals surface area contributed by atoms with Crippen LogP contribution in [0.4, 0.5) is 13.2 Å². The third kappa shape index (κ3) is 1.95. The van der Waals surface area contributed by atoms with Gasteiger partial charge in [-0.1, -0.05) is 29.8 Å². The zero-order chi connectivity index (χ0) is 11.1. The fraction of sp³-hybridized carbons (Fsp3) is 0.200. The number of hydrogen-bond acceptors (Lipinski definition) is 1. The van der Waals surface area contributed by atoms with E-state index in [1.807, 2.05) is 0 Å². The molecule has 0 saturated heterocycles. The van der Waals surface area contributed by atoms with Crippen molar-refractivity contribution in [2.75, 3.05) is 0 Å². The van der Waals surface area contributed by atoms with Crippen molar-refractivity contribution in [2.24, 2.45) is 0 Å². The van der Waals surface area contributed by atoms with Gasteiger partial charge in [-0.2, -0.15) is 13.2 Å². The van der Waals surface area contributed by atoms with E-state index in [0.717, 1.165) is 6.08 Å². The van der Waals surface area contributed by atoms with Gasteiger partial charge in [-0.3, -0.25) is 0 Å². The van der Waals surface area contributed by atoms with Crippen molar-refractivity contribution in [2.45, 2.75) is 12.3 Å². The lowest BCUT2D eigenvalue weighted by Gasteiger charge is -2.23. The highest BCUT2D eigenvalue weighted by Crippen LogP contribution is 2.37. The minimum Gasteiger partial charge on any atom is -0.475 e. The predicted octanol–water partition coefficient (Wildman–Crippen LogP) is 3.68. The number of para-hydroxylation sites is 1. The summed E-state index contributed by atoms with van der Waals surface area (Å²) in [5, 5.41) is 0.186. The Morgan fingerprint density at radius 3 is 2.67 bits per heavy atom. The van der Waals surface area contributed by atoms with Crippen molar-refractivity contribution in [1.29, 1.82) is 0 Å². The molecule has 1 heterocycles. The van der Waals surface area contributed by atoms with Crippen molar-refractivity contribution < 1.29 is 17.9 Å². The summed E-state index contributed by atoms with van der Waals surface area (Å²) in [6, 6.07) is 4.79. The van der Waals surface area contributed by atoms with Crippen molar-refractivity contribution in [3.8, 4) is 5.75 Å². The molecule has 0 radical (unpaired) electrons. The van der Waals surface area contributed by atoms with Crippen LogP contribution in [0.25, 0.3) is 6.08 Å². The van der Waals surface area contributed by atoms with Crippen molar-refractivity contribution in [3.05, 3.63) is 34.9 Å². The van der Waals surface area contributed by atoms with E-state index in [1.165, 1.54) is 12.1 Å². The third-order valence-corrected chi connectivity index (χ3v) is 2.31. The largest absolute Gasteiger partial charge is 0.475 e. The third-order valence-electron chi connectivity index (χ3n) is 2.02. The first-order valence-electron chi connectivity index (χ1n) is 4.18. The van der Waals surface area contributed by atoms with Gasteiger partial charge in [0.05, 0.1) is 5.02 Å². The van der Waals surface area contributed by atoms with E-state index in [1.54, 1.807) is 12.1 Å². The van der Waals surface area contributed by atoms with E-state index < -0.39 is 12.3 Å². The summed E-state index contributed by atoms with van der Waals surface area (Å²) in [6.07, 6.45) is -3.99. The molecule has 0 aromatic heterocycles. The van der Waals surface area contributed by atoms with Gasteiger partial charge >= 0.3 is 6.18 Å². The SMILES string of the molecule is FC(F)(F)C1C=Cc2cccc(Cl)c2O1. The number of rotatable bonds is 0. The summed E-state index contributed by atoms with van der Waals surface area (Å²) in [5.41, 5.74) is 0.558. The highest BCUT2D eigenvalue weighted by molar-refractivity contribution is 6.32. The highest BCUT2D eigenvalue weighted by Gasteiger charge is 2.41. The molecule has 0 amide bonds. The van der Waals surface area contributed by atoms with Crippen LogP contribution in [-0.4, -0.2) is 12.3 Å². The first-order chi connectivity index (χ1) is 6.98. The average molecular weight is 235 g/mol. The van der Waals surface area contributed by atoms with Crippen LogP contribution in [0, 0.1) is 0 Å². The Kier molecular flexibility index (Phi) is 2.38. The van der Waals surface area contributed by atoms with Crippen LogP contribution >= 0.6 is 11.6 Å². The molecule has 80 valence electrons. The Labute approximate surface area is 89.1 Å². The topological polar surface area (TPSA) is 9.23 Å². The maximum Gasteiger partial charge on any atom is 0.429 e. The van der Waals surface area contributed by atoms with Crippen molar-refractivity contribution in [3.63, 3.8) is 0 Å². The molecule has 5 heteroatoms. The lowest BCUT2D eigenvalue weighted by atomic mass is 10.1. The van der Waals surface area contributed by atoms with Gasteiger partial charge in [0.2, 0.25) is 6.10 Å². The summed E-state index contributed by atoms with van der Waals surface area (Å²) < 4.78 is 41.8.